The summed E-state index contributed by atoms with van der Waals surface area (Å²) in [5.74, 6) is 0. The van der Waals surface area contributed by atoms with Gasteiger partial charge in [0.05, 0.1) is 26.8 Å². The Bertz CT molecular complexity index is 1990. The zero-order chi connectivity index (χ0) is 23.3. The Labute approximate surface area is 207 Å². The summed E-state index contributed by atoms with van der Waals surface area (Å²) >= 11 is 1.69. The molecule has 0 amide bonds. The number of fused-ring (bicyclic) bond motifs is 11. The summed E-state index contributed by atoms with van der Waals surface area (Å²) in [7, 11) is 0. The first-order chi connectivity index (χ1) is 17.1. The second-order valence-corrected chi connectivity index (χ2v) is 10.9. The molecule has 0 saturated carbocycles. The molecule has 1 aliphatic rings. The van der Waals surface area contributed by atoms with Crippen molar-refractivity contribution in [2.24, 2.45) is 0 Å². The molecular formula is C32H22N2S. The molecule has 0 saturated heterocycles. The Hall–Kier alpha value is -3.95. The number of hydrogen-bond donors (Lipinski definition) is 0. The van der Waals surface area contributed by atoms with Crippen LogP contribution in [-0.2, 0) is 5.41 Å². The molecule has 0 unspecified atom stereocenters. The van der Waals surface area contributed by atoms with Gasteiger partial charge in [-0.15, -0.1) is 11.3 Å². The van der Waals surface area contributed by atoms with Crippen molar-refractivity contribution in [3.63, 3.8) is 0 Å². The normalized spacial score (nSPS) is 14.2. The van der Waals surface area contributed by atoms with E-state index in [2.05, 4.69) is 114 Å². The van der Waals surface area contributed by atoms with Crippen LogP contribution in [0.2, 0.25) is 0 Å². The van der Waals surface area contributed by atoms with Crippen molar-refractivity contribution in [3.05, 3.63) is 108 Å². The maximum Gasteiger partial charge on any atom is 0.0832 e. The van der Waals surface area contributed by atoms with Gasteiger partial charge in [-0.2, -0.15) is 0 Å². The van der Waals surface area contributed by atoms with E-state index in [1.165, 1.54) is 59.5 Å². The van der Waals surface area contributed by atoms with Gasteiger partial charge in [-0.3, -0.25) is 0 Å². The van der Waals surface area contributed by atoms with Crippen LogP contribution in [0, 0.1) is 0 Å². The van der Waals surface area contributed by atoms with Gasteiger partial charge >= 0.3 is 0 Å². The summed E-state index contributed by atoms with van der Waals surface area (Å²) in [6.07, 6.45) is 0. The molecular weight excluding hydrogens is 444 g/mol. The van der Waals surface area contributed by atoms with Crippen LogP contribution in [0.5, 0.6) is 0 Å². The number of thiazole rings is 1. The predicted molar refractivity (Wildman–Crippen MR) is 149 cm³/mol. The molecule has 35 heavy (non-hydrogen) atoms. The second kappa shape index (κ2) is 6.59. The third-order valence-corrected chi connectivity index (χ3v) is 8.70. The Morgan fingerprint density at radius 2 is 1.51 bits per heavy atom. The highest BCUT2D eigenvalue weighted by molar-refractivity contribution is 7.16. The number of hydrogen-bond acceptors (Lipinski definition) is 2. The minimum atomic E-state index is -0.0835. The summed E-state index contributed by atoms with van der Waals surface area (Å²) in [6.45, 7) is 4.76. The quantitative estimate of drug-likeness (QED) is 0.236. The summed E-state index contributed by atoms with van der Waals surface area (Å²) in [5, 5.41) is 5.31. The second-order valence-electron chi connectivity index (χ2n) is 10.0. The predicted octanol–water partition coefficient (Wildman–Crippen LogP) is 8.85. The molecule has 166 valence electrons. The molecule has 5 aromatic carbocycles. The fourth-order valence-electron chi connectivity index (χ4n) is 6.47. The van der Waals surface area contributed by atoms with Crippen LogP contribution in [-0.4, -0.2) is 9.55 Å². The average molecular weight is 467 g/mol. The van der Waals surface area contributed by atoms with Gasteiger partial charge in [-0.05, 0) is 51.7 Å². The topological polar surface area (TPSA) is 17.8 Å². The molecule has 0 N–H and O–H groups in total. The van der Waals surface area contributed by atoms with Crippen LogP contribution in [0.4, 0.5) is 0 Å². The highest BCUT2D eigenvalue weighted by atomic mass is 32.1. The summed E-state index contributed by atoms with van der Waals surface area (Å²) in [4.78, 5) is 4.64. The van der Waals surface area contributed by atoms with Gasteiger partial charge in [0.1, 0.15) is 0 Å². The highest BCUT2D eigenvalue weighted by Crippen LogP contribution is 2.56. The number of para-hydroxylation sites is 1. The first-order valence-corrected chi connectivity index (χ1v) is 12.9. The molecule has 8 rings (SSSR count). The van der Waals surface area contributed by atoms with E-state index >= 15 is 0 Å². The van der Waals surface area contributed by atoms with E-state index in [-0.39, 0.29) is 5.41 Å². The molecule has 0 radical (unpaired) electrons. The van der Waals surface area contributed by atoms with E-state index in [1.54, 1.807) is 11.3 Å². The maximum atomic E-state index is 4.64. The molecule has 0 fully saturated rings. The third-order valence-electron chi connectivity index (χ3n) is 7.89. The number of aromatic nitrogens is 2. The molecule has 2 heterocycles. The van der Waals surface area contributed by atoms with Crippen LogP contribution in [0.15, 0.2) is 96.5 Å². The van der Waals surface area contributed by atoms with E-state index in [0.29, 0.717) is 0 Å². The Morgan fingerprint density at radius 3 is 2.40 bits per heavy atom. The summed E-state index contributed by atoms with van der Waals surface area (Å²) in [6, 6.07) is 33.5. The number of nitrogens with zero attached hydrogens (tertiary/aromatic N) is 2. The average Bonchev–Trinajstić information content (AvgIpc) is 3.55. The van der Waals surface area contributed by atoms with Crippen molar-refractivity contribution in [3.8, 4) is 16.8 Å². The molecule has 0 spiro atoms. The summed E-state index contributed by atoms with van der Waals surface area (Å²) in [5.41, 5.74) is 12.1. The lowest BCUT2D eigenvalue weighted by Crippen LogP contribution is -2.15. The fourth-order valence-corrected chi connectivity index (χ4v) is 7.13. The Kier molecular flexibility index (Phi) is 3.64. The summed E-state index contributed by atoms with van der Waals surface area (Å²) < 4.78 is 3.70. The van der Waals surface area contributed by atoms with E-state index in [4.69, 9.17) is 0 Å². The van der Waals surface area contributed by atoms with Gasteiger partial charge in [0.2, 0.25) is 0 Å². The van der Waals surface area contributed by atoms with Crippen molar-refractivity contribution in [2.75, 3.05) is 0 Å². The fraction of sp³-hybridized carbons (Fsp3) is 0.0938. The van der Waals surface area contributed by atoms with E-state index in [9.17, 15) is 0 Å². The lowest BCUT2D eigenvalue weighted by molar-refractivity contribution is 0.666. The minimum Gasteiger partial charge on any atom is -0.309 e. The smallest absolute Gasteiger partial charge is 0.0832 e. The molecule has 1 aliphatic carbocycles. The highest BCUT2D eigenvalue weighted by Gasteiger charge is 2.39. The molecule has 0 atom stereocenters. The first-order valence-electron chi connectivity index (χ1n) is 12.1. The zero-order valence-electron chi connectivity index (χ0n) is 19.5. The van der Waals surface area contributed by atoms with E-state index in [0.717, 1.165) is 11.2 Å². The van der Waals surface area contributed by atoms with Crippen LogP contribution in [0.3, 0.4) is 0 Å². The van der Waals surface area contributed by atoms with E-state index in [1.807, 2.05) is 5.51 Å². The minimum absolute atomic E-state index is 0.0835. The lowest BCUT2D eigenvalue weighted by Gasteiger charge is -2.24. The monoisotopic (exact) mass is 466 g/mol. The molecule has 0 aliphatic heterocycles. The first kappa shape index (κ1) is 19.4. The SMILES string of the molecule is CC1(C)c2ccccc2-c2c1c1ccccc1c1c3ccccc3n(-c3ccc4scnc4c3)c21. The third kappa shape index (κ3) is 2.36. The van der Waals surface area contributed by atoms with Gasteiger partial charge in [-0.25, -0.2) is 4.98 Å². The molecule has 3 heteroatoms. The van der Waals surface area contributed by atoms with E-state index < -0.39 is 0 Å². The zero-order valence-corrected chi connectivity index (χ0v) is 20.4. The maximum absolute atomic E-state index is 4.64. The van der Waals surface area contributed by atoms with Crippen LogP contribution < -0.4 is 0 Å². The molecule has 0 bridgehead atoms. The lowest BCUT2D eigenvalue weighted by atomic mass is 9.79. The van der Waals surface area contributed by atoms with Crippen molar-refractivity contribution in [2.45, 2.75) is 19.3 Å². The van der Waals surface area contributed by atoms with Crippen LogP contribution in [0.1, 0.15) is 25.0 Å². The van der Waals surface area contributed by atoms with Crippen molar-refractivity contribution in [1.82, 2.24) is 9.55 Å². The van der Waals surface area contributed by atoms with Crippen molar-refractivity contribution >= 4 is 54.1 Å². The Morgan fingerprint density at radius 1 is 0.771 bits per heavy atom. The van der Waals surface area contributed by atoms with Crippen LogP contribution >= 0.6 is 11.3 Å². The van der Waals surface area contributed by atoms with Gasteiger partial charge in [-0.1, -0.05) is 80.6 Å². The largest absolute Gasteiger partial charge is 0.309 e. The molecule has 7 aromatic rings. The number of benzene rings is 5. The Balaban J connectivity index is 1.69. The van der Waals surface area contributed by atoms with Crippen molar-refractivity contribution < 1.29 is 0 Å². The van der Waals surface area contributed by atoms with Gasteiger partial charge in [0.25, 0.3) is 0 Å². The standard InChI is InChI=1S/C32H22N2S/c1-32(2)24-13-7-5-11-22(24)29-30(32)21-10-4-3-9-20(21)28-23-12-6-8-14-26(23)34(31(28)29)19-15-16-27-25(17-19)33-18-35-27/h3-18H,1-2H3. The van der Waals surface area contributed by atoms with Crippen molar-refractivity contribution in [1.29, 1.82) is 0 Å². The van der Waals surface area contributed by atoms with Crippen LogP contribution in [0.25, 0.3) is 59.6 Å². The number of rotatable bonds is 1. The van der Waals surface area contributed by atoms with Gasteiger partial charge in [0.15, 0.2) is 0 Å². The van der Waals surface area contributed by atoms with Gasteiger partial charge < -0.3 is 4.57 Å². The molecule has 2 aromatic heterocycles. The van der Waals surface area contributed by atoms with Gasteiger partial charge in [0, 0.05) is 27.4 Å². The molecule has 2 nitrogen and oxygen atoms in total.